The van der Waals surface area contributed by atoms with E-state index in [1.807, 2.05) is 6.07 Å². The molecule has 4 rings (SSSR count). The number of guanidine groups is 1. The second-order valence-electron chi connectivity index (χ2n) is 6.81. The van der Waals surface area contributed by atoms with Gasteiger partial charge in [0.2, 0.25) is 5.96 Å². The first-order valence-electron chi connectivity index (χ1n) is 9.04. The molecule has 0 unspecified atom stereocenters. The molecule has 0 atom stereocenters. The molecule has 1 fully saturated rings. The van der Waals surface area contributed by atoms with Gasteiger partial charge in [-0.1, -0.05) is 36.4 Å². The summed E-state index contributed by atoms with van der Waals surface area (Å²) in [5, 5.41) is 1.80. The minimum absolute atomic E-state index is 0.395. The Kier molecular flexibility index (Phi) is 5.00. The summed E-state index contributed by atoms with van der Waals surface area (Å²) in [5.74, 6) is 1.29. The molecule has 2 aliphatic heterocycles. The largest absolute Gasteiger partial charge is 0.342 e. The van der Waals surface area contributed by atoms with Gasteiger partial charge in [0.15, 0.2) is 0 Å². The molecular formula is C19H23N3O2S2. The lowest BCUT2D eigenvalue weighted by Crippen LogP contribution is -2.48. The van der Waals surface area contributed by atoms with E-state index in [0.29, 0.717) is 29.2 Å². The summed E-state index contributed by atoms with van der Waals surface area (Å²) in [7, 11) is -3.48. The summed E-state index contributed by atoms with van der Waals surface area (Å²) in [6.45, 7) is 2.73. The van der Waals surface area contributed by atoms with Gasteiger partial charge in [0.05, 0.1) is 13.1 Å². The third kappa shape index (κ3) is 3.50. The topological polar surface area (TPSA) is 53.0 Å². The molecule has 1 aromatic heterocycles. The van der Waals surface area contributed by atoms with Crippen molar-refractivity contribution in [2.45, 2.75) is 23.5 Å². The Labute approximate surface area is 159 Å². The molecule has 0 saturated carbocycles. The van der Waals surface area contributed by atoms with Crippen molar-refractivity contribution < 1.29 is 8.42 Å². The summed E-state index contributed by atoms with van der Waals surface area (Å²) in [4.78, 5) is 6.67. The van der Waals surface area contributed by atoms with Crippen molar-refractivity contribution in [3.05, 3.63) is 53.4 Å². The van der Waals surface area contributed by atoms with Crippen LogP contribution in [0.4, 0.5) is 0 Å². The summed E-state index contributed by atoms with van der Waals surface area (Å²) >= 11 is 1.26. The number of hydrogen-bond donors (Lipinski definition) is 0. The Morgan fingerprint density at radius 3 is 2.50 bits per heavy atom. The zero-order chi connectivity index (χ0) is 18.0. The van der Waals surface area contributed by atoms with Crippen LogP contribution >= 0.6 is 11.3 Å². The van der Waals surface area contributed by atoms with E-state index < -0.39 is 10.0 Å². The third-order valence-corrected chi connectivity index (χ3v) is 8.24. The van der Waals surface area contributed by atoms with Crippen molar-refractivity contribution in [3.63, 3.8) is 0 Å². The summed E-state index contributed by atoms with van der Waals surface area (Å²) in [6.07, 6.45) is 3.24. The van der Waals surface area contributed by atoms with E-state index in [4.69, 9.17) is 0 Å². The average Bonchev–Trinajstić information content (AvgIpc) is 3.36. The summed E-state index contributed by atoms with van der Waals surface area (Å²) in [6, 6.07) is 14.0. The smallest absolute Gasteiger partial charge is 0.276 e. The van der Waals surface area contributed by atoms with Crippen molar-refractivity contribution in [1.29, 1.82) is 0 Å². The van der Waals surface area contributed by atoms with Gasteiger partial charge in [0, 0.05) is 13.1 Å². The zero-order valence-corrected chi connectivity index (χ0v) is 16.3. The number of sulfonamides is 1. The fourth-order valence-electron chi connectivity index (χ4n) is 3.71. The molecule has 0 aliphatic carbocycles. The third-order valence-electron chi connectivity index (χ3n) is 5.08. The van der Waals surface area contributed by atoms with Crippen LogP contribution in [0.25, 0.3) is 0 Å². The van der Waals surface area contributed by atoms with Crippen LogP contribution in [0.15, 0.2) is 57.0 Å². The number of piperidine rings is 1. The van der Waals surface area contributed by atoms with E-state index in [2.05, 4.69) is 34.2 Å². The Hall–Kier alpha value is -1.86. The SMILES string of the molecule is O=S(=O)(c1cccs1)N1CCN=C1N1CCC(Cc2ccccc2)CC1. The van der Waals surface area contributed by atoms with Gasteiger partial charge in [-0.15, -0.1) is 11.3 Å². The molecule has 0 bridgehead atoms. The normalized spacial score (nSPS) is 19.0. The molecule has 138 valence electrons. The summed E-state index contributed by atoms with van der Waals surface area (Å²) < 4.78 is 27.7. The number of aliphatic imine (C=N–C) groups is 1. The second kappa shape index (κ2) is 7.40. The van der Waals surface area contributed by atoms with Crippen LogP contribution in [0, 0.1) is 5.92 Å². The highest BCUT2D eigenvalue weighted by molar-refractivity contribution is 7.91. The molecule has 0 spiro atoms. The van der Waals surface area contributed by atoms with Crippen molar-refractivity contribution >= 4 is 27.3 Å². The summed E-state index contributed by atoms with van der Waals surface area (Å²) in [5.41, 5.74) is 1.38. The molecule has 1 saturated heterocycles. The first-order chi connectivity index (χ1) is 12.6. The van der Waals surface area contributed by atoms with E-state index in [1.165, 1.54) is 21.2 Å². The van der Waals surface area contributed by atoms with Gasteiger partial charge in [-0.25, -0.2) is 12.7 Å². The van der Waals surface area contributed by atoms with Crippen LogP contribution in [0.1, 0.15) is 18.4 Å². The van der Waals surface area contributed by atoms with Crippen molar-refractivity contribution in [2.24, 2.45) is 10.9 Å². The standard InChI is InChI=1S/C19H23N3O2S2/c23-26(24,18-7-4-14-25-18)22-13-10-20-19(22)21-11-8-17(9-12-21)15-16-5-2-1-3-6-16/h1-7,14,17H,8-13,15H2. The molecule has 0 N–H and O–H groups in total. The predicted octanol–water partition coefficient (Wildman–Crippen LogP) is 3.06. The number of benzene rings is 1. The minimum atomic E-state index is -3.48. The van der Waals surface area contributed by atoms with Gasteiger partial charge in [0.25, 0.3) is 10.0 Å². The van der Waals surface area contributed by atoms with Crippen molar-refractivity contribution in [1.82, 2.24) is 9.21 Å². The number of nitrogens with zero attached hydrogens (tertiary/aromatic N) is 3. The Morgan fingerprint density at radius 2 is 1.81 bits per heavy atom. The molecule has 5 nitrogen and oxygen atoms in total. The quantitative estimate of drug-likeness (QED) is 0.808. The highest BCUT2D eigenvalue weighted by atomic mass is 32.2. The average molecular weight is 390 g/mol. The van der Waals surface area contributed by atoms with Crippen molar-refractivity contribution in [3.8, 4) is 0 Å². The first kappa shape index (κ1) is 17.5. The lowest BCUT2D eigenvalue weighted by molar-refractivity contribution is 0.253. The molecule has 7 heteroatoms. The number of rotatable bonds is 4. The first-order valence-corrected chi connectivity index (χ1v) is 11.4. The maximum Gasteiger partial charge on any atom is 0.276 e. The monoisotopic (exact) mass is 389 g/mol. The maximum atomic E-state index is 12.9. The van der Waals surface area contributed by atoms with Crippen LogP contribution in [0.2, 0.25) is 0 Å². The second-order valence-corrected chi connectivity index (χ2v) is 9.85. The Bertz CT molecular complexity index is 855. The molecule has 2 aliphatic rings. The van der Waals surface area contributed by atoms with Crippen molar-refractivity contribution in [2.75, 3.05) is 26.2 Å². The highest BCUT2D eigenvalue weighted by Crippen LogP contribution is 2.27. The zero-order valence-electron chi connectivity index (χ0n) is 14.6. The fraction of sp³-hybridized carbons (Fsp3) is 0.421. The lowest BCUT2D eigenvalue weighted by atomic mass is 9.90. The number of likely N-dealkylation sites (tertiary alicyclic amines) is 1. The van der Waals surface area contributed by atoms with Gasteiger partial charge >= 0.3 is 0 Å². The van der Waals surface area contributed by atoms with Gasteiger partial charge in [0.1, 0.15) is 4.21 Å². The number of hydrogen-bond acceptors (Lipinski definition) is 5. The lowest BCUT2D eigenvalue weighted by Gasteiger charge is -2.36. The van der Waals surface area contributed by atoms with E-state index in [-0.39, 0.29) is 0 Å². The van der Waals surface area contributed by atoms with Crippen LogP contribution in [-0.4, -0.2) is 49.8 Å². The van der Waals surface area contributed by atoms with Gasteiger partial charge < -0.3 is 4.90 Å². The molecule has 0 amide bonds. The van der Waals surface area contributed by atoms with Gasteiger partial charge in [-0.05, 0) is 42.2 Å². The van der Waals surface area contributed by atoms with Gasteiger partial charge in [-0.2, -0.15) is 0 Å². The maximum absolute atomic E-state index is 12.9. The Morgan fingerprint density at radius 1 is 1.04 bits per heavy atom. The van der Waals surface area contributed by atoms with E-state index in [1.54, 1.807) is 17.5 Å². The van der Waals surface area contributed by atoms with Crippen LogP contribution in [0.5, 0.6) is 0 Å². The molecular weight excluding hydrogens is 366 g/mol. The minimum Gasteiger partial charge on any atom is -0.342 e. The molecule has 26 heavy (non-hydrogen) atoms. The molecule has 3 heterocycles. The molecule has 2 aromatic rings. The van der Waals surface area contributed by atoms with Crippen LogP contribution < -0.4 is 0 Å². The fourth-order valence-corrected chi connectivity index (χ4v) is 6.26. The van der Waals surface area contributed by atoms with Crippen LogP contribution in [0.3, 0.4) is 0 Å². The van der Waals surface area contributed by atoms with E-state index in [0.717, 1.165) is 32.4 Å². The Balaban J connectivity index is 1.41. The van der Waals surface area contributed by atoms with Crippen LogP contribution in [-0.2, 0) is 16.4 Å². The highest BCUT2D eigenvalue weighted by Gasteiger charge is 2.35. The van der Waals surface area contributed by atoms with E-state index in [9.17, 15) is 8.42 Å². The van der Waals surface area contributed by atoms with Gasteiger partial charge in [-0.3, -0.25) is 4.99 Å². The number of thiophene rings is 1. The molecule has 0 radical (unpaired) electrons. The molecule has 1 aromatic carbocycles. The predicted molar refractivity (Wildman–Crippen MR) is 105 cm³/mol. The van der Waals surface area contributed by atoms with E-state index >= 15 is 0 Å².